The number of ketones is 1. The van der Waals surface area contributed by atoms with Gasteiger partial charge in [0.1, 0.15) is 5.75 Å². The molecule has 2 rings (SSSR count). The van der Waals surface area contributed by atoms with Crippen LogP contribution in [0, 0.1) is 0 Å². The molecular formula is C14H17NO3. The van der Waals surface area contributed by atoms with E-state index < -0.39 is 0 Å². The van der Waals surface area contributed by atoms with E-state index in [-0.39, 0.29) is 17.7 Å². The highest BCUT2D eigenvalue weighted by Gasteiger charge is 2.25. The minimum Gasteiger partial charge on any atom is -0.494 e. The van der Waals surface area contributed by atoms with Crippen molar-refractivity contribution >= 4 is 11.7 Å². The van der Waals surface area contributed by atoms with E-state index in [0.717, 1.165) is 18.6 Å². The van der Waals surface area contributed by atoms with Crippen LogP contribution < -0.4 is 10.1 Å². The van der Waals surface area contributed by atoms with E-state index in [4.69, 9.17) is 4.74 Å². The minimum absolute atomic E-state index is 0.134. The van der Waals surface area contributed by atoms with Gasteiger partial charge in [-0.3, -0.25) is 9.59 Å². The number of rotatable bonds is 4. The van der Waals surface area contributed by atoms with E-state index in [1.54, 1.807) is 24.3 Å². The van der Waals surface area contributed by atoms with Crippen LogP contribution in [-0.4, -0.2) is 24.3 Å². The van der Waals surface area contributed by atoms with Crippen LogP contribution in [0.1, 0.15) is 36.5 Å². The SMILES string of the molecule is CCOc1ccc(C(=O)N[C@@H]2CCCC2=O)cc1. The molecule has 1 saturated carbocycles. The van der Waals surface area contributed by atoms with Crippen LogP contribution in [0.25, 0.3) is 0 Å². The molecule has 0 aromatic heterocycles. The van der Waals surface area contributed by atoms with E-state index >= 15 is 0 Å². The summed E-state index contributed by atoms with van der Waals surface area (Å²) in [7, 11) is 0. The Balaban J connectivity index is 1.98. The number of hydrogen-bond acceptors (Lipinski definition) is 3. The molecule has 4 heteroatoms. The van der Waals surface area contributed by atoms with Gasteiger partial charge in [-0.25, -0.2) is 0 Å². The topological polar surface area (TPSA) is 55.4 Å². The maximum absolute atomic E-state index is 11.9. The number of ether oxygens (including phenoxy) is 1. The van der Waals surface area contributed by atoms with Crippen molar-refractivity contribution < 1.29 is 14.3 Å². The Morgan fingerprint density at radius 1 is 1.39 bits per heavy atom. The molecule has 96 valence electrons. The molecule has 0 heterocycles. The third-order valence-electron chi connectivity index (χ3n) is 3.04. The van der Waals surface area contributed by atoms with Crippen LogP contribution in [0.15, 0.2) is 24.3 Å². The second-order valence-corrected chi connectivity index (χ2v) is 4.34. The van der Waals surface area contributed by atoms with Crippen molar-refractivity contribution in [3.05, 3.63) is 29.8 Å². The molecule has 0 spiro atoms. The average Bonchev–Trinajstić information content (AvgIpc) is 2.76. The van der Waals surface area contributed by atoms with Crippen molar-refractivity contribution in [2.24, 2.45) is 0 Å². The van der Waals surface area contributed by atoms with E-state index in [2.05, 4.69) is 5.32 Å². The number of benzene rings is 1. The molecule has 18 heavy (non-hydrogen) atoms. The van der Waals surface area contributed by atoms with Gasteiger partial charge in [0.2, 0.25) is 0 Å². The van der Waals surface area contributed by atoms with Crippen molar-refractivity contribution in [1.29, 1.82) is 0 Å². The molecule has 1 aliphatic rings. The number of Topliss-reactive ketones (excluding diaryl/α,β-unsaturated/α-hetero) is 1. The van der Waals surface area contributed by atoms with Crippen molar-refractivity contribution in [1.82, 2.24) is 5.32 Å². The summed E-state index contributed by atoms with van der Waals surface area (Å²) in [6.07, 6.45) is 2.20. The normalized spacial score (nSPS) is 18.7. The summed E-state index contributed by atoms with van der Waals surface area (Å²) in [5, 5.41) is 2.77. The first-order valence-electron chi connectivity index (χ1n) is 6.27. The van der Waals surface area contributed by atoms with Crippen LogP contribution >= 0.6 is 0 Å². The lowest BCUT2D eigenvalue weighted by Crippen LogP contribution is -2.37. The predicted molar refractivity (Wildman–Crippen MR) is 67.7 cm³/mol. The Bertz CT molecular complexity index is 439. The van der Waals surface area contributed by atoms with Crippen LogP contribution in [0.4, 0.5) is 0 Å². The molecule has 0 aliphatic heterocycles. The second-order valence-electron chi connectivity index (χ2n) is 4.34. The first-order valence-corrected chi connectivity index (χ1v) is 6.27. The summed E-state index contributed by atoms with van der Waals surface area (Å²) < 4.78 is 5.31. The smallest absolute Gasteiger partial charge is 0.251 e. The molecule has 1 fully saturated rings. The van der Waals surface area contributed by atoms with Gasteiger partial charge in [-0.05, 0) is 44.0 Å². The molecule has 1 aromatic carbocycles. The highest BCUT2D eigenvalue weighted by atomic mass is 16.5. The van der Waals surface area contributed by atoms with Crippen LogP contribution in [0.5, 0.6) is 5.75 Å². The molecule has 1 N–H and O–H groups in total. The van der Waals surface area contributed by atoms with Gasteiger partial charge >= 0.3 is 0 Å². The maximum Gasteiger partial charge on any atom is 0.251 e. The standard InChI is InChI=1S/C14H17NO3/c1-2-18-11-8-6-10(7-9-11)14(17)15-12-4-3-5-13(12)16/h6-9,12H,2-5H2,1H3,(H,15,17)/t12-/m1/s1. The predicted octanol–water partition coefficient (Wildman–Crippen LogP) is 1.94. The lowest BCUT2D eigenvalue weighted by molar-refractivity contribution is -0.118. The van der Waals surface area contributed by atoms with E-state index in [9.17, 15) is 9.59 Å². The van der Waals surface area contributed by atoms with Crippen LogP contribution in [0.3, 0.4) is 0 Å². The zero-order valence-corrected chi connectivity index (χ0v) is 10.4. The molecule has 4 nitrogen and oxygen atoms in total. The van der Waals surface area contributed by atoms with Gasteiger partial charge in [-0.1, -0.05) is 0 Å². The molecule has 0 unspecified atom stereocenters. The fourth-order valence-corrected chi connectivity index (χ4v) is 2.08. The maximum atomic E-state index is 11.9. The zero-order valence-electron chi connectivity index (χ0n) is 10.4. The van der Waals surface area contributed by atoms with Crippen LogP contribution in [-0.2, 0) is 4.79 Å². The Morgan fingerprint density at radius 2 is 2.11 bits per heavy atom. The fraction of sp³-hybridized carbons (Fsp3) is 0.429. The Labute approximate surface area is 106 Å². The van der Waals surface area contributed by atoms with Gasteiger partial charge in [0.05, 0.1) is 12.6 Å². The highest BCUT2D eigenvalue weighted by molar-refractivity contribution is 5.98. The Morgan fingerprint density at radius 3 is 2.67 bits per heavy atom. The first kappa shape index (κ1) is 12.6. The number of carbonyl (C=O) groups is 2. The van der Waals surface area contributed by atoms with Gasteiger partial charge < -0.3 is 10.1 Å². The molecule has 1 aliphatic carbocycles. The second kappa shape index (κ2) is 5.67. The Kier molecular flexibility index (Phi) is 3.97. The fourth-order valence-electron chi connectivity index (χ4n) is 2.08. The third-order valence-corrected chi connectivity index (χ3v) is 3.04. The molecule has 0 saturated heterocycles. The summed E-state index contributed by atoms with van der Waals surface area (Å²) in [6, 6.07) is 6.63. The molecule has 1 amide bonds. The summed E-state index contributed by atoms with van der Waals surface area (Å²) in [5.41, 5.74) is 0.554. The summed E-state index contributed by atoms with van der Waals surface area (Å²) >= 11 is 0. The molecule has 1 aromatic rings. The largest absolute Gasteiger partial charge is 0.494 e. The number of nitrogens with one attached hydrogen (secondary N) is 1. The molecular weight excluding hydrogens is 230 g/mol. The van der Waals surface area contributed by atoms with Gasteiger partial charge in [0, 0.05) is 12.0 Å². The zero-order chi connectivity index (χ0) is 13.0. The van der Waals surface area contributed by atoms with Crippen LogP contribution in [0.2, 0.25) is 0 Å². The lowest BCUT2D eigenvalue weighted by Gasteiger charge is -2.11. The molecule has 1 atom stereocenters. The van der Waals surface area contributed by atoms with E-state index in [0.29, 0.717) is 18.6 Å². The monoisotopic (exact) mass is 247 g/mol. The molecule has 0 radical (unpaired) electrons. The van der Waals surface area contributed by atoms with Gasteiger partial charge in [-0.2, -0.15) is 0 Å². The van der Waals surface area contributed by atoms with Gasteiger partial charge in [0.15, 0.2) is 5.78 Å². The first-order chi connectivity index (χ1) is 8.70. The van der Waals surface area contributed by atoms with Crippen molar-refractivity contribution in [3.63, 3.8) is 0 Å². The van der Waals surface area contributed by atoms with E-state index in [1.807, 2.05) is 6.92 Å². The minimum atomic E-state index is -0.302. The lowest BCUT2D eigenvalue weighted by atomic mass is 10.1. The van der Waals surface area contributed by atoms with Gasteiger partial charge in [-0.15, -0.1) is 0 Å². The number of hydrogen-bond donors (Lipinski definition) is 1. The Hall–Kier alpha value is -1.84. The summed E-state index contributed by atoms with van der Waals surface area (Å²) in [6.45, 7) is 2.51. The third kappa shape index (κ3) is 2.88. The van der Waals surface area contributed by atoms with Gasteiger partial charge in [0.25, 0.3) is 5.91 Å². The van der Waals surface area contributed by atoms with E-state index in [1.165, 1.54) is 0 Å². The number of carbonyl (C=O) groups excluding carboxylic acids is 2. The molecule has 0 bridgehead atoms. The highest BCUT2D eigenvalue weighted by Crippen LogP contribution is 2.16. The number of amides is 1. The quantitative estimate of drug-likeness (QED) is 0.884. The van der Waals surface area contributed by atoms with Crippen molar-refractivity contribution in [3.8, 4) is 5.75 Å². The van der Waals surface area contributed by atoms with Crippen molar-refractivity contribution in [2.45, 2.75) is 32.2 Å². The van der Waals surface area contributed by atoms with Crippen molar-refractivity contribution in [2.75, 3.05) is 6.61 Å². The summed E-state index contributed by atoms with van der Waals surface area (Å²) in [4.78, 5) is 23.4. The average molecular weight is 247 g/mol. The summed E-state index contributed by atoms with van der Waals surface area (Å²) in [5.74, 6) is 0.679.